The van der Waals surface area contributed by atoms with E-state index in [-0.39, 0.29) is 11.1 Å². The van der Waals surface area contributed by atoms with Gasteiger partial charge in [-0.3, -0.25) is 10.1 Å². The first-order chi connectivity index (χ1) is 9.22. The molecule has 1 aromatic carbocycles. The number of thiazole rings is 1. The average molecular weight is 277 g/mol. The molecular weight excluding hydrogens is 266 g/mol. The molecule has 0 saturated heterocycles. The number of anilines is 1. The zero-order valence-electron chi connectivity index (χ0n) is 9.91. The Balaban J connectivity index is 1.58. The maximum Gasteiger partial charge on any atom is 0.345 e. The lowest BCUT2D eigenvalue weighted by Crippen LogP contribution is -2.23. The minimum absolute atomic E-state index is 0.0399. The van der Waals surface area contributed by atoms with Gasteiger partial charge >= 0.3 is 5.00 Å². The molecule has 0 amide bonds. The molecule has 0 saturated carbocycles. The Bertz CT molecular complexity index is 589. The second-order valence-corrected chi connectivity index (χ2v) is 5.20. The van der Waals surface area contributed by atoms with Crippen LogP contribution in [0.25, 0.3) is 0 Å². The standard InChI is InChI=1S/C12H11N3O3S/c16-15(17)11-7-14-12(19-11)13-6-9-5-8-3-1-2-4-10(8)18-9/h1-4,7,9H,5-6H2,(H,13,14). The Kier molecular flexibility index (Phi) is 3.04. The van der Waals surface area contributed by atoms with E-state index in [4.69, 9.17) is 4.74 Å². The van der Waals surface area contributed by atoms with Crippen molar-refractivity contribution in [1.29, 1.82) is 0 Å². The van der Waals surface area contributed by atoms with Gasteiger partial charge in [-0.1, -0.05) is 18.2 Å². The van der Waals surface area contributed by atoms with Crippen LogP contribution in [0.1, 0.15) is 5.56 Å². The lowest BCUT2D eigenvalue weighted by atomic mass is 10.1. The van der Waals surface area contributed by atoms with Gasteiger partial charge < -0.3 is 10.1 Å². The molecule has 3 rings (SSSR count). The molecule has 1 aliphatic heterocycles. The Hall–Kier alpha value is -2.15. The number of nitro groups is 1. The second-order valence-electron chi connectivity index (χ2n) is 4.19. The Morgan fingerprint density at radius 1 is 1.53 bits per heavy atom. The Labute approximate surface area is 113 Å². The van der Waals surface area contributed by atoms with E-state index in [1.54, 1.807) is 0 Å². The molecule has 6 nitrogen and oxygen atoms in total. The van der Waals surface area contributed by atoms with E-state index in [1.165, 1.54) is 11.8 Å². The van der Waals surface area contributed by atoms with Crippen LogP contribution in [0.2, 0.25) is 0 Å². The van der Waals surface area contributed by atoms with Crippen molar-refractivity contribution < 1.29 is 9.66 Å². The summed E-state index contributed by atoms with van der Waals surface area (Å²) in [6, 6.07) is 7.92. The number of hydrogen-bond donors (Lipinski definition) is 1. The molecule has 1 N–H and O–H groups in total. The third kappa shape index (κ3) is 2.50. The van der Waals surface area contributed by atoms with Crippen molar-refractivity contribution in [3.05, 3.63) is 46.1 Å². The monoisotopic (exact) mass is 277 g/mol. The summed E-state index contributed by atoms with van der Waals surface area (Å²) in [6.45, 7) is 0.583. The van der Waals surface area contributed by atoms with Crippen molar-refractivity contribution in [3.8, 4) is 5.75 Å². The first-order valence-corrected chi connectivity index (χ1v) is 6.62. The highest BCUT2D eigenvalue weighted by molar-refractivity contribution is 7.18. The first-order valence-electron chi connectivity index (χ1n) is 5.81. The van der Waals surface area contributed by atoms with Crippen molar-refractivity contribution in [2.24, 2.45) is 0 Å². The normalized spacial score (nSPS) is 16.7. The van der Waals surface area contributed by atoms with Crippen molar-refractivity contribution >= 4 is 21.5 Å². The van der Waals surface area contributed by atoms with Gasteiger partial charge in [0.1, 0.15) is 18.1 Å². The minimum Gasteiger partial charge on any atom is -0.488 e. The van der Waals surface area contributed by atoms with Gasteiger partial charge in [0.2, 0.25) is 0 Å². The van der Waals surface area contributed by atoms with Gasteiger partial charge in [0.05, 0.1) is 11.5 Å². The quantitative estimate of drug-likeness (QED) is 0.686. The van der Waals surface area contributed by atoms with E-state index < -0.39 is 4.92 Å². The third-order valence-corrected chi connectivity index (χ3v) is 3.77. The van der Waals surface area contributed by atoms with E-state index in [1.807, 2.05) is 24.3 Å². The molecule has 1 aliphatic rings. The van der Waals surface area contributed by atoms with E-state index in [0.717, 1.165) is 23.5 Å². The largest absolute Gasteiger partial charge is 0.488 e. The predicted molar refractivity (Wildman–Crippen MR) is 71.8 cm³/mol. The maximum absolute atomic E-state index is 10.5. The molecule has 1 aromatic heterocycles. The number of nitrogens with zero attached hydrogens (tertiary/aromatic N) is 2. The molecule has 0 fully saturated rings. The number of nitrogens with one attached hydrogen (secondary N) is 1. The molecule has 0 bridgehead atoms. The highest BCUT2D eigenvalue weighted by Gasteiger charge is 2.22. The number of rotatable bonds is 4. The van der Waals surface area contributed by atoms with Crippen LogP contribution in [-0.2, 0) is 6.42 Å². The predicted octanol–water partition coefficient (Wildman–Crippen LogP) is 2.47. The Morgan fingerprint density at radius 3 is 3.11 bits per heavy atom. The van der Waals surface area contributed by atoms with Crippen LogP contribution in [0, 0.1) is 10.1 Å². The van der Waals surface area contributed by atoms with E-state index in [9.17, 15) is 10.1 Å². The summed E-state index contributed by atoms with van der Waals surface area (Å²) in [5.41, 5.74) is 1.19. The van der Waals surface area contributed by atoms with Crippen molar-refractivity contribution in [3.63, 3.8) is 0 Å². The lowest BCUT2D eigenvalue weighted by molar-refractivity contribution is -0.380. The van der Waals surface area contributed by atoms with Crippen molar-refractivity contribution in [1.82, 2.24) is 4.98 Å². The molecule has 2 aromatic rings. The Morgan fingerprint density at radius 2 is 2.37 bits per heavy atom. The average Bonchev–Trinajstić information content (AvgIpc) is 3.02. The van der Waals surface area contributed by atoms with Gasteiger partial charge in [0, 0.05) is 6.42 Å². The lowest BCUT2D eigenvalue weighted by Gasteiger charge is -2.10. The maximum atomic E-state index is 10.5. The third-order valence-electron chi connectivity index (χ3n) is 2.87. The van der Waals surface area contributed by atoms with Crippen LogP contribution in [0.4, 0.5) is 10.1 Å². The second kappa shape index (κ2) is 4.85. The van der Waals surface area contributed by atoms with Gasteiger partial charge in [-0.2, -0.15) is 0 Å². The highest BCUT2D eigenvalue weighted by Crippen LogP contribution is 2.29. The smallest absolute Gasteiger partial charge is 0.345 e. The number of para-hydroxylation sites is 1. The number of hydrogen-bond acceptors (Lipinski definition) is 6. The fourth-order valence-corrected chi connectivity index (χ4v) is 2.64. The van der Waals surface area contributed by atoms with E-state index in [0.29, 0.717) is 11.7 Å². The number of aromatic nitrogens is 1. The molecule has 0 aliphatic carbocycles. The van der Waals surface area contributed by atoms with E-state index >= 15 is 0 Å². The molecule has 2 heterocycles. The molecule has 19 heavy (non-hydrogen) atoms. The van der Waals surface area contributed by atoms with Gasteiger partial charge in [-0.05, 0) is 23.0 Å². The minimum atomic E-state index is -0.440. The van der Waals surface area contributed by atoms with Crippen LogP contribution in [-0.4, -0.2) is 22.6 Å². The van der Waals surface area contributed by atoms with Crippen LogP contribution in [0.3, 0.4) is 0 Å². The first kappa shape index (κ1) is 11.9. The van der Waals surface area contributed by atoms with Gasteiger partial charge in [-0.25, -0.2) is 4.98 Å². The number of fused-ring (bicyclic) bond motifs is 1. The number of benzene rings is 1. The van der Waals surface area contributed by atoms with Gasteiger partial charge in [0.25, 0.3) is 0 Å². The fourth-order valence-electron chi connectivity index (χ4n) is 2.00. The molecule has 0 spiro atoms. The number of ether oxygens (including phenoxy) is 1. The molecular formula is C12H11N3O3S. The van der Waals surface area contributed by atoms with Gasteiger partial charge in [-0.15, -0.1) is 0 Å². The van der Waals surface area contributed by atoms with E-state index in [2.05, 4.69) is 10.3 Å². The molecule has 1 atom stereocenters. The molecule has 1 unspecified atom stereocenters. The fraction of sp³-hybridized carbons (Fsp3) is 0.250. The summed E-state index contributed by atoms with van der Waals surface area (Å²) >= 11 is 1.03. The summed E-state index contributed by atoms with van der Waals surface area (Å²) in [6.07, 6.45) is 2.15. The highest BCUT2D eigenvalue weighted by atomic mass is 32.1. The summed E-state index contributed by atoms with van der Waals surface area (Å²) in [4.78, 5) is 14.1. The summed E-state index contributed by atoms with van der Waals surface area (Å²) in [5.74, 6) is 0.916. The zero-order valence-corrected chi connectivity index (χ0v) is 10.7. The summed E-state index contributed by atoms with van der Waals surface area (Å²) in [7, 11) is 0. The van der Waals surface area contributed by atoms with Crippen LogP contribution in [0.5, 0.6) is 5.75 Å². The summed E-state index contributed by atoms with van der Waals surface area (Å²) < 4.78 is 5.76. The van der Waals surface area contributed by atoms with Crippen molar-refractivity contribution in [2.45, 2.75) is 12.5 Å². The zero-order chi connectivity index (χ0) is 13.2. The van der Waals surface area contributed by atoms with Crippen LogP contribution >= 0.6 is 11.3 Å². The van der Waals surface area contributed by atoms with Crippen LogP contribution < -0.4 is 10.1 Å². The molecule has 0 radical (unpaired) electrons. The summed E-state index contributed by atoms with van der Waals surface area (Å²) in [5, 5.41) is 14.2. The van der Waals surface area contributed by atoms with Crippen molar-refractivity contribution in [2.75, 3.05) is 11.9 Å². The SMILES string of the molecule is O=[N+]([O-])c1cnc(NCC2Cc3ccccc3O2)s1. The van der Waals surface area contributed by atoms with Crippen LogP contribution in [0.15, 0.2) is 30.5 Å². The molecule has 7 heteroatoms. The topological polar surface area (TPSA) is 77.3 Å². The molecule has 98 valence electrons. The van der Waals surface area contributed by atoms with Gasteiger partial charge in [0.15, 0.2) is 5.13 Å².